The van der Waals surface area contributed by atoms with E-state index in [2.05, 4.69) is 5.32 Å². The largest absolute Gasteiger partial charge is 0.406 e. The first-order valence-corrected chi connectivity index (χ1v) is 5.22. The van der Waals surface area contributed by atoms with E-state index in [9.17, 15) is 13.2 Å². The minimum absolute atomic E-state index is 0.241. The minimum atomic E-state index is -4.06. The molecule has 1 nitrogen and oxygen atoms in total. The van der Waals surface area contributed by atoms with Crippen molar-refractivity contribution in [2.75, 3.05) is 18.6 Å². The highest BCUT2D eigenvalue weighted by Gasteiger charge is 2.62. The zero-order chi connectivity index (χ0) is 9.24. The second-order valence-electron chi connectivity index (χ2n) is 3.00. The summed E-state index contributed by atoms with van der Waals surface area (Å²) < 4.78 is 36.8. The van der Waals surface area contributed by atoms with Crippen LogP contribution in [0.5, 0.6) is 0 Å². The molecule has 0 saturated heterocycles. The highest BCUT2D eigenvalue weighted by molar-refractivity contribution is 7.98. The van der Waals surface area contributed by atoms with E-state index >= 15 is 0 Å². The van der Waals surface area contributed by atoms with E-state index in [1.165, 1.54) is 0 Å². The third kappa shape index (κ3) is 2.07. The summed E-state index contributed by atoms with van der Waals surface area (Å²) >= 11 is 1.55. The first-order chi connectivity index (χ1) is 5.52. The van der Waals surface area contributed by atoms with Crippen LogP contribution < -0.4 is 5.32 Å². The predicted octanol–water partition coefficient (Wildman–Crippen LogP) is 2.03. The molecule has 0 aromatic heterocycles. The van der Waals surface area contributed by atoms with Crippen molar-refractivity contribution >= 4 is 11.8 Å². The lowest BCUT2D eigenvalue weighted by Gasteiger charge is -2.20. The van der Waals surface area contributed by atoms with Crippen LogP contribution in [0, 0.1) is 0 Å². The predicted molar refractivity (Wildman–Crippen MR) is 44.4 cm³/mol. The van der Waals surface area contributed by atoms with Crippen molar-refractivity contribution in [3.8, 4) is 0 Å². The third-order valence-electron chi connectivity index (χ3n) is 2.06. The molecule has 1 aliphatic rings. The molecule has 0 radical (unpaired) electrons. The van der Waals surface area contributed by atoms with Crippen LogP contribution in [0.15, 0.2) is 0 Å². The Kier molecular flexibility index (Phi) is 2.93. The van der Waals surface area contributed by atoms with Crippen LogP contribution >= 0.6 is 11.8 Å². The molecule has 0 aromatic rings. The number of hydrogen-bond acceptors (Lipinski definition) is 2. The fraction of sp³-hybridized carbons (Fsp3) is 1.00. The molecule has 0 aliphatic heterocycles. The van der Waals surface area contributed by atoms with E-state index in [1.54, 1.807) is 11.8 Å². The lowest BCUT2D eigenvalue weighted by atomic mass is 10.2. The Hall–Kier alpha value is 0.100. The topological polar surface area (TPSA) is 12.0 Å². The molecule has 1 aliphatic carbocycles. The van der Waals surface area contributed by atoms with Crippen molar-refractivity contribution < 1.29 is 13.2 Å². The van der Waals surface area contributed by atoms with Gasteiger partial charge in [-0.1, -0.05) is 0 Å². The summed E-state index contributed by atoms with van der Waals surface area (Å²) in [5.74, 6) is 0.734. The minimum Gasteiger partial charge on any atom is -0.303 e. The molecule has 5 heteroatoms. The van der Waals surface area contributed by atoms with Crippen molar-refractivity contribution in [2.45, 2.75) is 24.6 Å². The first-order valence-electron chi connectivity index (χ1n) is 3.82. The molecule has 1 fully saturated rings. The van der Waals surface area contributed by atoms with Gasteiger partial charge in [-0.25, -0.2) is 0 Å². The smallest absolute Gasteiger partial charge is 0.303 e. The second-order valence-corrected chi connectivity index (χ2v) is 3.99. The zero-order valence-electron chi connectivity index (χ0n) is 6.87. The highest BCUT2D eigenvalue weighted by Crippen LogP contribution is 2.48. The lowest BCUT2D eigenvalue weighted by molar-refractivity contribution is -0.165. The SMILES string of the molecule is CSCCNC1(C(F)(F)F)CC1. The van der Waals surface area contributed by atoms with Crippen molar-refractivity contribution in [2.24, 2.45) is 0 Å². The Morgan fingerprint density at radius 1 is 1.42 bits per heavy atom. The van der Waals surface area contributed by atoms with Crippen LogP contribution in [0.25, 0.3) is 0 Å². The quantitative estimate of drug-likeness (QED) is 0.695. The summed E-state index contributed by atoms with van der Waals surface area (Å²) in [5, 5.41) is 2.57. The highest BCUT2D eigenvalue weighted by atomic mass is 32.2. The van der Waals surface area contributed by atoms with E-state index in [-0.39, 0.29) is 12.8 Å². The molecule has 72 valence electrons. The van der Waals surface area contributed by atoms with Gasteiger partial charge in [0.1, 0.15) is 5.54 Å². The average Bonchev–Trinajstić information content (AvgIpc) is 2.67. The molecule has 0 bridgehead atoms. The Balaban J connectivity index is 2.30. The Bertz CT molecular complexity index is 153. The molecule has 0 amide bonds. The Labute approximate surface area is 74.1 Å². The molecular formula is C7H12F3NS. The van der Waals surface area contributed by atoms with E-state index in [4.69, 9.17) is 0 Å². The van der Waals surface area contributed by atoms with Crippen LogP contribution in [0.1, 0.15) is 12.8 Å². The molecule has 0 atom stereocenters. The molecule has 0 unspecified atom stereocenters. The van der Waals surface area contributed by atoms with Crippen molar-refractivity contribution in [1.82, 2.24) is 5.32 Å². The third-order valence-corrected chi connectivity index (χ3v) is 2.67. The van der Waals surface area contributed by atoms with Crippen LogP contribution in [-0.4, -0.2) is 30.3 Å². The number of nitrogens with one attached hydrogen (secondary N) is 1. The molecular weight excluding hydrogens is 187 g/mol. The maximum atomic E-state index is 12.3. The fourth-order valence-electron chi connectivity index (χ4n) is 1.08. The number of hydrogen-bond donors (Lipinski definition) is 1. The second kappa shape index (κ2) is 3.46. The van der Waals surface area contributed by atoms with Crippen molar-refractivity contribution in [3.05, 3.63) is 0 Å². The Morgan fingerprint density at radius 2 is 2.00 bits per heavy atom. The van der Waals surface area contributed by atoms with Crippen LogP contribution in [0.2, 0.25) is 0 Å². The molecule has 1 rings (SSSR count). The first kappa shape index (κ1) is 10.2. The van der Waals surface area contributed by atoms with Gasteiger partial charge in [-0.3, -0.25) is 0 Å². The van der Waals surface area contributed by atoms with E-state index in [1.807, 2.05) is 6.26 Å². The number of alkyl halides is 3. The van der Waals surface area contributed by atoms with E-state index < -0.39 is 11.7 Å². The summed E-state index contributed by atoms with van der Waals surface area (Å²) in [6.45, 7) is 0.445. The summed E-state index contributed by atoms with van der Waals surface area (Å²) in [6.07, 6.45) is -1.70. The van der Waals surface area contributed by atoms with E-state index in [0.717, 1.165) is 5.75 Å². The molecule has 0 spiro atoms. The summed E-state index contributed by atoms with van der Waals surface area (Å²) in [4.78, 5) is 0. The maximum Gasteiger partial charge on any atom is 0.406 e. The van der Waals surface area contributed by atoms with Crippen molar-refractivity contribution in [1.29, 1.82) is 0 Å². The van der Waals surface area contributed by atoms with Crippen LogP contribution in [0.4, 0.5) is 13.2 Å². The van der Waals surface area contributed by atoms with Gasteiger partial charge in [0.05, 0.1) is 0 Å². The van der Waals surface area contributed by atoms with Gasteiger partial charge in [0.25, 0.3) is 0 Å². The fourth-order valence-corrected chi connectivity index (χ4v) is 1.38. The summed E-state index contributed by atoms with van der Waals surface area (Å²) in [7, 11) is 0. The van der Waals surface area contributed by atoms with Crippen LogP contribution in [-0.2, 0) is 0 Å². The summed E-state index contributed by atoms with van der Waals surface area (Å²) in [5.41, 5.74) is -1.53. The molecule has 1 saturated carbocycles. The monoisotopic (exact) mass is 199 g/mol. The summed E-state index contributed by atoms with van der Waals surface area (Å²) in [6, 6.07) is 0. The molecule has 0 aromatic carbocycles. The maximum absolute atomic E-state index is 12.3. The van der Waals surface area contributed by atoms with Gasteiger partial charge in [0.2, 0.25) is 0 Å². The normalized spacial score (nSPS) is 21.0. The van der Waals surface area contributed by atoms with Gasteiger partial charge in [0, 0.05) is 12.3 Å². The average molecular weight is 199 g/mol. The zero-order valence-corrected chi connectivity index (χ0v) is 7.69. The molecule has 12 heavy (non-hydrogen) atoms. The Morgan fingerprint density at radius 3 is 2.33 bits per heavy atom. The molecule has 1 N–H and O–H groups in total. The van der Waals surface area contributed by atoms with Gasteiger partial charge in [-0.2, -0.15) is 24.9 Å². The number of halogens is 3. The van der Waals surface area contributed by atoms with Gasteiger partial charge in [-0.15, -0.1) is 0 Å². The van der Waals surface area contributed by atoms with Gasteiger partial charge in [0.15, 0.2) is 0 Å². The molecule has 0 heterocycles. The lowest BCUT2D eigenvalue weighted by Crippen LogP contribution is -2.45. The van der Waals surface area contributed by atoms with Crippen LogP contribution in [0.3, 0.4) is 0 Å². The van der Waals surface area contributed by atoms with E-state index in [0.29, 0.717) is 6.54 Å². The number of thioether (sulfide) groups is 1. The standard InChI is InChI=1S/C7H12F3NS/c1-12-5-4-11-6(2-3-6)7(8,9)10/h11H,2-5H2,1H3. The van der Waals surface area contributed by atoms with Gasteiger partial charge in [-0.05, 0) is 19.1 Å². The van der Waals surface area contributed by atoms with Gasteiger partial charge < -0.3 is 5.32 Å². The van der Waals surface area contributed by atoms with Gasteiger partial charge >= 0.3 is 6.18 Å². The number of rotatable bonds is 4. The van der Waals surface area contributed by atoms with Crippen molar-refractivity contribution in [3.63, 3.8) is 0 Å².